The number of hydrogen-bond acceptors (Lipinski definition) is 1. The largest absolute Gasteiger partial charge is 0.419 e. The quantitative estimate of drug-likeness (QED) is 0.665. The smallest absolute Gasteiger partial charge is 0.338 e. The maximum absolute atomic E-state index is 13.0. The molecule has 0 aromatic heterocycles. The van der Waals surface area contributed by atoms with Crippen LogP contribution in [0.4, 0.5) is 17.6 Å². The van der Waals surface area contributed by atoms with Crippen LogP contribution in [0.2, 0.25) is 0 Å². The molecule has 0 spiro atoms. The Bertz CT molecular complexity index is 516. The Morgan fingerprint density at radius 3 is 2.58 bits per heavy atom. The lowest BCUT2D eigenvalue weighted by atomic mass is 10.1. The molecular formula is C13H11F4NO. The molecule has 0 heterocycles. The summed E-state index contributed by atoms with van der Waals surface area (Å²) in [5.74, 6) is 0.0890. The number of benzene rings is 1. The molecule has 0 saturated heterocycles. The molecule has 19 heavy (non-hydrogen) atoms. The minimum Gasteiger partial charge on any atom is -0.338 e. The Balaban J connectivity index is 3.03. The summed E-state index contributed by atoms with van der Waals surface area (Å²) in [7, 11) is 0. The highest BCUT2D eigenvalue weighted by Crippen LogP contribution is 2.31. The number of alkyl halides is 3. The molecule has 102 valence electrons. The summed E-state index contributed by atoms with van der Waals surface area (Å²) < 4.78 is 50.5. The van der Waals surface area contributed by atoms with Crippen LogP contribution in [0, 0.1) is 18.2 Å². The van der Waals surface area contributed by atoms with Crippen molar-refractivity contribution in [2.45, 2.75) is 25.6 Å². The highest BCUT2D eigenvalue weighted by atomic mass is 19.4. The van der Waals surface area contributed by atoms with E-state index < -0.39 is 29.5 Å². The molecule has 1 atom stereocenters. The van der Waals surface area contributed by atoms with Gasteiger partial charge in [0.05, 0.1) is 11.6 Å². The summed E-state index contributed by atoms with van der Waals surface area (Å²) in [4.78, 5) is 11.7. The molecule has 1 rings (SSSR count). The third kappa shape index (κ3) is 3.71. The molecule has 0 bridgehead atoms. The Labute approximate surface area is 107 Å². The molecule has 1 aromatic carbocycles. The lowest BCUT2D eigenvalue weighted by molar-refractivity contribution is -0.140. The predicted molar refractivity (Wildman–Crippen MR) is 61.8 cm³/mol. The van der Waals surface area contributed by atoms with Gasteiger partial charge in [-0.3, -0.25) is 4.79 Å². The van der Waals surface area contributed by atoms with Gasteiger partial charge < -0.3 is 5.32 Å². The van der Waals surface area contributed by atoms with Crippen LogP contribution in [0.3, 0.4) is 0 Å². The standard InChI is InChI=1S/C13H11F4NO/c1-3-9(4-2)18-12(19)8-5-6-11(14)10(7-8)13(15,16)17/h1,5-7,9H,4H2,2H3,(H,18,19). The average molecular weight is 273 g/mol. The molecule has 6 heteroatoms. The van der Waals surface area contributed by atoms with E-state index in [4.69, 9.17) is 6.42 Å². The zero-order valence-electron chi connectivity index (χ0n) is 10.0. The third-order valence-corrected chi connectivity index (χ3v) is 2.45. The van der Waals surface area contributed by atoms with Crippen LogP contribution < -0.4 is 5.32 Å². The lowest BCUT2D eigenvalue weighted by Gasteiger charge is -2.13. The van der Waals surface area contributed by atoms with Crippen LogP contribution in [0.5, 0.6) is 0 Å². The summed E-state index contributed by atoms with van der Waals surface area (Å²) in [5.41, 5.74) is -1.77. The molecular weight excluding hydrogens is 262 g/mol. The number of halogens is 4. The van der Waals surface area contributed by atoms with Gasteiger partial charge >= 0.3 is 6.18 Å². The number of amides is 1. The second kappa shape index (κ2) is 5.74. The maximum atomic E-state index is 13.0. The SMILES string of the molecule is C#CC(CC)NC(=O)c1ccc(F)c(C(F)(F)F)c1. The lowest BCUT2D eigenvalue weighted by Crippen LogP contribution is -2.33. The minimum absolute atomic E-state index is 0.289. The Kier molecular flexibility index (Phi) is 4.54. The number of terminal acetylenes is 1. The van der Waals surface area contributed by atoms with E-state index in [1.54, 1.807) is 6.92 Å². The van der Waals surface area contributed by atoms with Crippen LogP contribution in [0.15, 0.2) is 18.2 Å². The molecule has 0 aliphatic heterocycles. The Hall–Kier alpha value is -2.03. The highest BCUT2D eigenvalue weighted by molar-refractivity contribution is 5.94. The molecule has 0 radical (unpaired) electrons. The summed E-state index contributed by atoms with van der Waals surface area (Å²) in [6.07, 6.45) is 0.718. The number of hydrogen-bond donors (Lipinski definition) is 1. The second-order valence-electron chi connectivity index (χ2n) is 3.79. The molecule has 1 aromatic rings. The van der Waals surface area contributed by atoms with E-state index in [1.807, 2.05) is 0 Å². The zero-order valence-corrected chi connectivity index (χ0v) is 10.0. The normalized spacial score (nSPS) is 12.6. The topological polar surface area (TPSA) is 29.1 Å². The van der Waals surface area contributed by atoms with Crippen molar-refractivity contribution in [2.24, 2.45) is 0 Å². The van der Waals surface area contributed by atoms with Gasteiger partial charge in [-0.25, -0.2) is 4.39 Å². The van der Waals surface area contributed by atoms with E-state index in [0.717, 1.165) is 6.07 Å². The van der Waals surface area contributed by atoms with Gasteiger partial charge in [-0.05, 0) is 24.6 Å². The number of nitrogens with one attached hydrogen (secondary N) is 1. The molecule has 0 fully saturated rings. The predicted octanol–water partition coefficient (Wildman–Crippen LogP) is 2.99. The van der Waals surface area contributed by atoms with Gasteiger partial charge in [0, 0.05) is 5.56 Å². The summed E-state index contributed by atoms with van der Waals surface area (Å²) in [5, 5.41) is 2.37. The van der Waals surface area contributed by atoms with Gasteiger partial charge in [-0.1, -0.05) is 12.8 Å². The van der Waals surface area contributed by atoms with Crippen LogP contribution in [-0.4, -0.2) is 11.9 Å². The summed E-state index contributed by atoms with van der Waals surface area (Å²) in [6, 6.07) is 1.47. The molecule has 0 aliphatic carbocycles. The van der Waals surface area contributed by atoms with Crippen LogP contribution in [0.1, 0.15) is 29.3 Å². The molecule has 1 unspecified atom stereocenters. The first kappa shape index (κ1) is 15.0. The first-order valence-electron chi connectivity index (χ1n) is 5.43. The van der Waals surface area contributed by atoms with Crippen LogP contribution >= 0.6 is 0 Å². The number of rotatable bonds is 3. The first-order chi connectivity index (χ1) is 8.79. The molecule has 1 amide bonds. The van der Waals surface area contributed by atoms with Crippen molar-refractivity contribution in [3.8, 4) is 12.3 Å². The van der Waals surface area contributed by atoms with E-state index in [1.165, 1.54) is 0 Å². The fourth-order valence-electron chi connectivity index (χ4n) is 1.39. The number of carbonyl (C=O) groups is 1. The molecule has 1 N–H and O–H groups in total. The molecule has 2 nitrogen and oxygen atoms in total. The van der Waals surface area contributed by atoms with Crippen molar-refractivity contribution in [1.82, 2.24) is 5.32 Å². The fourth-order valence-corrected chi connectivity index (χ4v) is 1.39. The Morgan fingerprint density at radius 1 is 1.47 bits per heavy atom. The van der Waals surface area contributed by atoms with Gasteiger partial charge in [-0.2, -0.15) is 13.2 Å². The van der Waals surface area contributed by atoms with Crippen molar-refractivity contribution < 1.29 is 22.4 Å². The van der Waals surface area contributed by atoms with E-state index >= 15 is 0 Å². The fraction of sp³-hybridized carbons (Fsp3) is 0.308. The van der Waals surface area contributed by atoms with Crippen LogP contribution in [-0.2, 0) is 6.18 Å². The van der Waals surface area contributed by atoms with Gasteiger partial charge in [0.2, 0.25) is 0 Å². The highest BCUT2D eigenvalue weighted by Gasteiger charge is 2.34. The average Bonchev–Trinajstić information content (AvgIpc) is 2.34. The third-order valence-electron chi connectivity index (χ3n) is 2.45. The van der Waals surface area contributed by atoms with Gasteiger partial charge in [0.25, 0.3) is 5.91 Å². The molecule has 0 saturated carbocycles. The maximum Gasteiger partial charge on any atom is 0.419 e. The van der Waals surface area contributed by atoms with Crippen molar-refractivity contribution in [2.75, 3.05) is 0 Å². The van der Waals surface area contributed by atoms with Crippen molar-refractivity contribution >= 4 is 5.91 Å². The second-order valence-corrected chi connectivity index (χ2v) is 3.79. The van der Waals surface area contributed by atoms with Gasteiger partial charge in [0.1, 0.15) is 5.82 Å². The summed E-state index contributed by atoms with van der Waals surface area (Å²) in [6.45, 7) is 1.72. The molecule has 0 aliphatic rings. The van der Waals surface area contributed by atoms with Gasteiger partial charge in [0.15, 0.2) is 0 Å². The van der Waals surface area contributed by atoms with Crippen molar-refractivity contribution in [3.05, 3.63) is 35.1 Å². The number of carbonyl (C=O) groups excluding carboxylic acids is 1. The van der Waals surface area contributed by atoms with Crippen LogP contribution in [0.25, 0.3) is 0 Å². The summed E-state index contributed by atoms with van der Waals surface area (Å²) >= 11 is 0. The zero-order chi connectivity index (χ0) is 14.6. The van der Waals surface area contributed by atoms with E-state index in [-0.39, 0.29) is 5.56 Å². The van der Waals surface area contributed by atoms with E-state index in [2.05, 4.69) is 11.2 Å². The first-order valence-corrected chi connectivity index (χ1v) is 5.43. The minimum atomic E-state index is -4.85. The monoisotopic (exact) mass is 273 g/mol. The van der Waals surface area contributed by atoms with Gasteiger partial charge in [-0.15, -0.1) is 6.42 Å². The van der Waals surface area contributed by atoms with E-state index in [0.29, 0.717) is 18.6 Å². The van der Waals surface area contributed by atoms with E-state index in [9.17, 15) is 22.4 Å². The van der Waals surface area contributed by atoms with Crippen molar-refractivity contribution in [3.63, 3.8) is 0 Å². The van der Waals surface area contributed by atoms with Crippen molar-refractivity contribution in [1.29, 1.82) is 0 Å². The Morgan fingerprint density at radius 2 is 2.11 bits per heavy atom.